The fraction of sp³-hybridized carbons (Fsp3) is 0.429. The number of nitrogens with zero attached hydrogens (tertiary/aromatic N) is 3. The Morgan fingerprint density at radius 3 is 2.85 bits per heavy atom. The topological polar surface area (TPSA) is 52.0 Å². The second-order valence-electron chi connectivity index (χ2n) is 4.66. The highest BCUT2D eigenvalue weighted by atomic mass is 79.9. The van der Waals surface area contributed by atoms with E-state index in [4.69, 9.17) is 4.74 Å². The van der Waals surface area contributed by atoms with Gasteiger partial charge in [-0.05, 0) is 31.2 Å². The molecule has 0 amide bonds. The van der Waals surface area contributed by atoms with Gasteiger partial charge in [0.05, 0.1) is 6.20 Å². The van der Waals surface area contributed by atoms with Crippen molar-refractivity contribution in [1.82, 2.24) is 20.3 Å². The Hall–Kier alpha value is -1.40. The summed E-state index contributed by atoms with van der Waals surface area (Å²) in [7, 11) is 1.85. The molecule has 2 aromatic rings. The molecule has 0 bridgehead atoms. The Labute approximate surface area is 127 Å². The molecule has 1 N–H and O–H groups in total. The number of hydrogen-bond acceptors (Lipinski definition) is 4. The summed E-state index contributed by atoms with van der Waals surface area (Å²) >= 11 is 3.53. The number of ether oxygens (including phenoxy) is 1. The first-order valence-corrected chi connectivity index (χ1v) is 7.37. The normalized spacial score (nSPS) is 10.8. The van der Waals surface area contributed by atoms with Gasteiger partial charge in [0.15, 0.2) is 0 Å². The van der Waals surface area contributed by atoms with Crippen molar-refractivity contribution in [2.75, 3.05) is 6.54 Å². The highest BCUT2D eigenvalue weighted by molar-refractivity contribution is 9.10. The molecule has 0 unspecified atom stereocenters. The summed E-state index contributed by atoms with van der Waals surface area (Å²) in [6.07, 6.45) is 1.86. The third kappa shape index (κ3) is 3.80. The van der Waals surface area contributed by atoms with Gasteiger partial charge in [-0.2, -0.15) is 0 Å². The van der Waals surface area contributed by atoms with E-state index in [2.05, 4.69) is 50.6 Å². The van der Waals surface area contributed by atoms with E-state index in [1.165, 1.54) is 0 Å². The quantitative estimate of drug-likeness (QED) is 0.879. The lowest BCUT2D eigenvalue weighted by Gasteiger charge is -2.14. The third-order valence-electron chi connectivity index (χ3n) is 2.90. The Morgan fingerprint density at radius 1 is 1.40 bits per heavy atom. The molecule has 0 saturated carbocycles. The summed E-state index contributed by atoms with van der Waals surface area (Å²) in [6, 6.07) is 4.14. The van der Waals surface area contributed by atoms with E-state index in [9.17, 15) is 0 Å². The number of rotatable bonds is 6. The summed E-state index contributed by atoms with van der Waals surface area (Å²) in [5.41, 5.74) is 3.07. The molecule has 0 aliphatic heterocycles. The summed E-state index contributed by atoms with van der Waals surface area (Å²) in [5.74, 6) is 0.916. The average molecular weight is 339 g/mol. The number of aromatic nitrogens is 3. The van der Waals surface area contributed by atoms with Crippen molar-refractivity contribution >= 4 is 15.9 Å². The largest absolute Gasteiger partial charge is 0.487 e. The van der Waals surface area contributed by atoms with Crippen LogP contribution in [0, 0.1) is 6.92 Å². The van der Waals surface area contributed by atoms with Gasteiger partial charge in [0.25, 0.3) is 0 Å². The van der Waals surface area contributed by atoms with E-state index in [1.54, 1.807) is 4.68 Å². The van der Waals surface area contributed by atoms with Crippen molar-refractivity contribution in [3.8, 4) is 5.75 Å². The zero-order valence-corrected chi connectivity index (χ0v) is 13.6. The predicted molar refractivity (Wildman–Crippen MR) is 81.6 cm³/mol. The Balaban J connectivity index is 2.16. The van der Waals surface area contributed by atoms with Crippen molar-refractivity contribution in [2.45, 2.75) is 27.0 Å². The average Bonchev–Trinajstić information content (AvgIpc) is 2.80. The first kappa shape index (κ1) is 15.0. The van der Waals surface area contributed by atoms with Gasteiger partial charge in [0, 0.05) is 23.6 Å². The number of halogens is 1. The van der Waals surface area contributed by atoms with Crippen LogP contribution >= 0.6 is 15.9 Å². The van der Waals surface area contributed by atoms with Crippen LogP contribution in [0.5, 0.6) is 5.75 Å². The van der Waals surface area contributed by atoms with Gasteiger partial charge in [-0.3, -0.25) is 4.68 Å². The van der Waals surface area contributed by atoms with Gasteiger partial charge in [-0.15, -0.1) is 5.10 Å². The minimum Gasteiger partial charge on any atom is -0.487 e. The molecular formula is C14H19BrN4O. The van der Waals surface area contributed by atoms with Crippen molar-refractivity contribution in [3.63, 3.8) is 0 Å². The first-order chi connectivity index (χ1) is 9.60. The number of nitrogens with one attached hydrogen (secondary N) is 1. The molecule has 1 aromatic heterocycles. The maximum atomic E-state index is 5.94. The van der Waals surface area contributed by atoms with E-state index >= 15 is 0 Å². The van der Waals surface area contributed by atoms with Crippen LogP contribution in [-0.4, -0.2) is 21.5 Å². The predicted octanol–water partition coefficient (Wildman–Crippen LogP) is 2.57. The molecule has 20 heavy (non-hydrogen) atoms. The molecule has 0 aliphatic rings. The molecule has 6 heteroatoms. The van der Waals surface area contributed by atoms with Crippen molar-refractivity contribution in [3.05, 3.63) is 39.6 Å². The van der Waals surface area contributed by atoms with Crippen LogP contribution in [-0.2, 0) is 20.2 Å². The van der Waals surface area contributed by atoms with Gasteiger partial charge in [-0.25, -0.2) is 0 Å². The Bertz CT molecular complexity index is 583. The summed E-state index contributed by atoms with van der Waals surface area (Å²) in [5, 5.41) is 11.3. The van der Waals surface area contributed by atoms with Crippen LogP contribution in [0.4, 0.5) is 0 Å². The molecular weight excluding hydrogens is 320 g/mol. The Kier molecular flexibility index (Phi) is 5.14. The number of benzene rings is 1. The molecule has 0 aliphatic carbocycles. The lowest BCUT2D eigenvalue weighted by atomic mass is 10.1. The highest BCUT2D eigenvalue weighted by Crippen LogP contribution is 2.28. The molecule has 1 aromatic carbocycles. The second-order valence-corrected chi connectivity index (χ2v) is 5.58. The van der Waals surface area contributed by atoms with E-state index in [0.717, 1.165) is 40.1 Å². The fourth-order valence-electron chi connectivity index (χ4n) is 2.00. The smallest absolute Gasteiger partial charge is 0.134 e. The van der Waals surface area contributed by atoms with Crippen LogP contribution < -0.4 is 10.1 Å². The molecule has 0 atom stereocenters. The van der Waals surface area contributed by atoms with E-state index < -0.39 is 0 Å². The molecule has 0 fully saturated rings. The first-order valence-electron chi connectivity index (χ1n) is 6.58. The van der Waals surface area contributed by atoms with Gasteiger partial charge >= 0.3 is 0 Å². The molecule has 1 heterocycles. The lowest BCUT2D eigenvalue weighted by molar-refractivity contribution is 0.295. The van der Waals surface area contributed by atoms with E-state index in [1.807, 2.05) is 20.2 Å². The van der Waals surface area contributed by atoms with Gasteiger partial charge < -0.3 is 10.1 Å². The highest BCUT2D eigenvalue weighted by Gasteiger charge is 2.10. The standard InChI is InChI=1S/C14H19BrN4O/c1-4-16-7-11-6-12(15)5-10(2)14(11)20-9-13-8-19(3)18-17-13/h5-6,8,16H,4,7,9H2,1-3H3. The van der Waals surface area contributed by atoms with Crippen molar-refractivity contribution < 1.29 is 4.74 Å². The fourth-order valence-corrected chi connectivity index (χ4v) is 2.62. The third-order valence-corrected chi connectivity index (χ3v) is 3.35. The van der Waals surface area contributed by atoms with Gasteiger partial charge in [0.2, 0.25) is 0 Å². The number of aryl methyl sites for hydroxylation is 2. The molecule has 108 valence electrons. The zero-order chi connectivity index (χ0) is 14.5. The van der Waals surface area contributed by atoms with Crippen LogP contribution in [0.1, 0.15) is 23.7 Å². The zero-order valence-electron chi connectivity index (χ0n) is 12.0. The summed E-state index contributed by atoms with van der Waals surface area (Å²) < 4.78 is 8.68. The second kappa shape index (κ2) is 6.85. The van der Waals surface area contributed by atoms with Crippen LogP contribution in [0.25, 0.3) is 0 Å². The SMILES string of the molecule is CCNCc1cc(Br)cc(C)c1OCc1cn(C)nn1. The molecule has 5 nitrogen and oxygen atoms in total. The molecule has 0 radical (unpaired) electrons. The van der Waals surface area contributed by atoms with Crippen LogP contribution in [0.15, 0.2) is 22.8 Å². The van der Waals surface area contributed by atoms with Gasteiger partial charge in [0.1, 0.15) is 18.1 Å². The minimum atomic E-state index is 0.426. The lowest BCUT2D eigenvalue weighted by Crippen LogP contribution is -2.13. The minimum absolute atomic E-state index is 0.426. The van der Waals surface area contributed by atoms with E-state index in [-0.39, 0.29) is 0 Å². The Morgan fingerprint density at radius 2 is 2.20 bits per heavy atom. The maximum absolute atomic E-state index is 5.94. The van der Waals surface area contributed by atoms with Crippen molar-refractivity contribution in [2.24, 2.45) is 7.05 Å². The summed E-state index contributed by atoms with van der Waals surface area (Å²) in [6.45, 7) is 6.27. The molecule has 0 spiro atoms. The monoisotopic (exact) mass is 338 g/mol. The maximum Gasteiger partial charge on any atom is 0.134 e. The van der Waals surface area contributed by atoms with E-state index in [0.29, 0.717) is 6.61 Å². The summed E-state index contributed by atoms with van der Waals surface area (Å²) in [4.78, 5) is 0. The van der Waals surface area contributed by atoms with Crippen molar-refractivity contribution in [1.29, 1.82) is 0 Å². The molecule has 0 saturated heterocycles. The van der Waals surface area contributed by atoms with Gasteiger partial charge in [-0.1, -0.05) is 28.1 Å². The van der Waals surface area contributed by atoms with Crippen LogP contribution in [0.2, 0.25) is 0 Å². The number of hydrogen-bond donors (Lipinski definition) is 1. The molecule has 2 rings (SSSR count). The van der Waals surface area contributed by atoms with Crippen LogP contribution in [0.3, 0.4) is 0 Å².